The first-order valence-corrected chi connectivity index (χ1v) is 6.50. The summed E-state index contributed by atoms with van der Waals surface area (Å²) in [4.78, 5) is 2.34. The van der Waals surface area contributed by atoms with E-state index in [0.29, 0.717) is 0 Å². The minimum atomic E-state index is 0.761. The third-order valence-corrected chi connectivity index (χ3v) is 3.34. The van der Waals surface area contributed by atoms with Crippen LogP contribution in [0.1, 0.15) is 25.8 Å². The number of nitrogens with two attached hydrogens (primary N) is 1. The van der Waals surface area contributed by atoms with Gasteiger partial charge in [0.2, 0.25) is 0 Å². The monoisotopic (exact) mass is 284 g/mol. The number of halogens is 1. The number of anilines is 1. The molecule has 1 aromatic carbocycles. The Morgan fingerprint density at radius 1 is 1.38 bits per heavy atom. The van der Waals surface area contributed by atoms with Crippen molar-refractivity contribution in [3.63, 3.8) is 0 Å². The van der Waals surface area contributed by atoms with Crippen LogP contribution < -0.4 is 5.73 Å². The van der Waals surface area contributed by atoms with E-state index < -0.39 is 0 Å². The normalized spacial score (nSPS) is 11.4. The fourth-order valence-electron chi connectivity index (χ4n) is 1.54. The maximum Gasteiger partial charge on any atom is 0.0325 e. The van der Waals surface area contributed by atoms with Crippen LogP contribution in [-0.2, 0) is 6.54 Å². The van der Waals surface area contributed by atoms with Crippen LogP contribution in [-0.4, -0.2) is 18.5 Å². The van der Waals surface area contributed by atoms with Crippen molar-refractivity contribution in [1.29, 1.82) is 0 Å². The fraction of sp³-hybridized carbons (Fsp3) is 0.538. The first kappa shape index (κ1) is 13.5. The Morgan fingerprint density at radius 2 is 2.06 bits per heavy atom. The van der Waals surface area contributed by atoms with Crippen molar-refractivity contribution in [3.05, 3.63) is 28.2 Å². The molecule has 0 atom stereocenters. The molecule has 0 spiro atoms. The smallest absolute Gasteiger partial charge is 0.0325 e. The van der Waals surface area contributed by atoms with E-state index in [1.165, 1.54) is 12.0 Å². The summed E-state index contributed by atoms with van der Waals surface area (Å²) in [6.07, 6.45) is 1.24. The van der Waals surface area contributed by atoms with Gasteiger partial charge in [-0.3, -0.25) is 0 Å². The van der Waals surface area contributed by atoms with Gasteiger partial charge in [-0.1, -0.05) is 35.8 Å². The van der Waals surface area contributed by atoms with Crippen molar-refractivity contribution >= 4 is 21.6 Å². The number of nitrogen functional groups attached to an aromatic ring is 1. The zero-order valence-corrected chi connectivity index (χ0v) is 11.9. The lowest BCUT2D eigenvalue weighted by molar-refractivity contribution is 0.303. The predicted octanol–water partition coefficient (Wildman–Crippen LogP) is 3.51. The summed E-state index contributed by atoms with van der Waals surface area (Å²) in [6.45, 7) is 6.61. The molecule has 1 aromatic rings. The van der Waals surface area contributed by atoms with Gasteiger partial charge in [0.1, 0.15) is 0 Å². The lowest BCUT2D eigenvalue weighted by atomic mass is 10.1. The average Bonchev–Trinajstić information content (AvgIpc) is 2.19. The van der Waals surface area contributed by atoms with Gasteiger partial charge in [0.15, 0.2) is 0 Å². The molecule has 2 nitrogen and oxygen atoms in total. The predicted molar refractivity (Wildman–Crippen MR) is 74.3 cm³/mol. The zero-order chi connectivity index (χ0) is 12.1. The summed E-state index contributed by atoms with van der Waals surface area (Å²) in [7, 11) is 2.16. The summed E-state index contributed by atoms with van der Waals surface area (Å²) in [5, 5.41) is 0. The van der Waals surface area contributed by atoms with Crippen molar-refractivity contribution in [2.45, 2.75) is 26.8 Å². The summed E-state index contributed by atoms with van der Waals surface area (Å²) in [5.74, 6) is 0.761. The molecule has 0 aliphatic heterocycles. The standard InChI is InChI=1S/C13H21BrN2/c1-10(2)6-7-16(3)9-11-4-5-12(15)8-13(11)14/h4-5,8,10H,6-7,9,15H2,1-3H3. The molecule has 90 valence electrons. The molecule has 0 bridgehead atoms. The van der Waals surface area contributed by atoms with Crippen LogP contribution in [0.5, 0.6) is 0 Å². The average molecular weight is 285 g/mol. The Bertz CT molecular complexity index is 337. The Hall–Kier alpha value is -0.540. The molecule has 3 heteroatoms. The molecular formula is C13H21BrN2. The lowest BCUT2D eigenvalue weighted by Crippen LogP contribution is -2.20. The van der Waals surface area contributed by atoms with E-state index in [1.54, 1.807) is 0 Å². The van der Waals surface area contributed by atoms with E-state index >= 15 is 0 Å². The zero-order valence-electron chi connectivity index (χ0n) is 10.3. The van der Waals surface area contributed by atoms with Gasteiger partial charge in [-0.2, -0.15) is 0 Å². The highest BCUT2D eigenvalue weighted by molar-refractivity contribution is 9.10. The molecule has 0 fully saturated rings. The first-order chi connectivity index (χ1) is 7.49. The van der Waals surface area contributed by atoms with Crippen LogP contribution >= 0.6 is 15.9 Å². The van der Waals surface area contributed by atoms with Crippen LogP contribution in [0.3, 0.4) is 0 Å². The molecule has 0 saturated heterocycles. The van der Waals surface area contributed by atoms with Crippen LogP contribution in [0, 0.1) is 5.92 Å². The van der Waals surface area contributed by atoms with Gasteiger partial charge >= 0.3 is 0 Å². The molecular weight excluding hydrogens is 264 g/mol. The third-order valence-electron chi connectivity index (χ3n) is 2.61. The number of hydrogen-bond donors (Lipinski definition) is 1. The van der Waals surface area contributed by atoms with Gasteiger partial charge in [0.25, 0.3) is 0 Å². The number of rotatable bonds is 5. The lowest BCUT2D eigenvalue weighted by Gasteiger charge is -2.18. The quantitative estimate of drug-likeness (QED) is 0.839. The van der Waals surface area contributed by atoms with Gasteiger partial charge < -0.3 is 10.6 Å². The maximum atomic E-state index is 5.71. The van der Waals surface area contributed by atoms with Crippen LogP contribution in [0.4, 0.5) is 5.69 Å². The van der Waals surface area contributed by atoms with Gasteiger partial charge in [0.05, 0.1) is 0 Å². The second-order valence-corrected chi connectivity index (χ2v) is 5.63. The largest absolute Gasteiger partial charge is 0.399 e. The SMILES string of the molecule is CC(C)CCN(C)Cc1ccc(N)cc1Br. The van der Waals surface area contributed by atoms with Crippen molar-refractivity contribution in [2.24, 2.45) is 5.92 Å². The van der Waals surface area contributed by atoms with E-state index in [2.05, 4.69) is 47.8 Å². The summed E-state index contributed by atoms with van der Waals surface area (Å²) >= 11 is 3.55. The first-order valence-electron chi connectivity index (χ1n) is 5.71. The van der Waals surface area contributed by atoms with Crippen LogP contribution in [0.2, 0.25) is 0 Å². The second kappa shape index (κ2) is 6.26. The highest BCUT2D eigenvalue weighted by Crippen LogP contribution is 2.21. The molecule has 1 rings (SSSR count). The van der Waals surface area contributed by atoms with Crippen molar-refractivity contribution in [3.8, 4) is 0 Å². The molecule has 2 N–H and O–H groups in total. The van der Waals surface area contributed by atoms with E-state index in [1.807, 2.05) is 12.1 Å². The van der Waals surface area contributed by atoms with E-state index in [9.17, 15) is 0 Å². The molecule has 0 aliphatic carbocycles. The highest BCUT2D eigenvalue weighted by atomic mass is 79.9. The topological polar surface area (TPSA) is 29.3 Å². The van der Waals surface area contributed by atoms with Gasteiger partial charge in [-0.15, -0.1) is 0 Å². The van der Waals surface area contributed by atoms with Crippen LogP contribution in [0.15, 0.2) is 22.7 Å². The minimum Gasteiger partial charge on any atom is -0.399 e. The maximum absolute atomic E-state index is 5.71. The number of nitrogens with zero attached hydrogens (tertiary/aromatic N) is 1. The van der Waals surface area contributed by atoms with Crippen molar-refractivity contribution in [2.75, 3.05) is 19.3 Å². The molecule has 16 heavy (non-hydrogen) atoms. The summed E-state index contributed by atoms with van der Waals surface area (Å²) in [6, 6.07) is 6.01. The fourth-order valence-corrected chi connectivity index (χ4v) is 2.06. The molecule has 0 unspecified atom stereocenters. The van der Waals surface area contributed by atoms with Crippen molar-refractivity contribution in [1.82, 2.24) is 4.90 Å². The number of benzene rings is 1. The van der Waals surface area contributed by atoms with Crippen LogP contribution in [0.25, 0.3) is 0 Å². The number of hydrogen-bond acceptors (Lipinski definition) is 2. The summed E-state index contributed by atoms with van der Waals surface area (Å²) < 4.78 is 1.10. The molecule has 0 aliphatic rings. The second-order valence-electron chi connectivity index (χ2n) is 4.77. The van der Waals surface area contributed by atoms with E-state index in [0.717, 1.165) is 29.2 Å². The molecule has 0 heterocycles. The third kappa shape index (κ3) is 4.54. The molecule has 0 aromatic heterocycles. The Labute approximate surface area is 107 Å². The Balaban J connectivity index is 2.52. The van der Waals surface area contributed by atoms with E-state index in [4.69, 9.17) is 5.73 Å². The van der Waals surface area contributed by atoms with Gasteiger partial charge in [-0.05, 0) is 43.6 Å². The minimum absolute atomic E-state index is 0.761. The molecule has 0 amide bonds. The Kier molecular flexibility index (Phi) is 5.29. The molecule has 0 saturated carbocycles. The van der Waals surface area contributed by atoms with E-state index in [-0.39, 0.29) is 0 Å². The van der Waals surface area contributed by atoms with Crippen molar-refractivity contribution < 1.29 is 0 Å². The molecule has 0 radical (unpaired) electrons. The van der Waals surface area contributed by atoms with Gasteiger partial charge in [-0.25, -0.2) is 0 Å². The van der Waals surface area contributed by atoms with Gasteiger partial charge in [0, 0.05) is 16.7 Å². The summed E-state index contributed by atoms with van der Waals surface area (Å²) in [5.41, 5.74) is 7.81. The highest BCUT2D eigenvalue weighted by Gasteiger charge is 2.05. The Morgan fingerprint density at radius 3 is 2.62 bits per heavy atom.